The third-order valence-corrected chi connectivity index (χ3v) is 3.50. The fourth-order valence-electron chi connectivity index (χ4n) is 1.50. The number of nitrogens with zero attached hydrogens (tertiary/aromatic N) is 3. The second-order valence-corrected chi connectivity index (χ2v) is 4.61. The van der Waals surface area contributed by atoms with Gasteiger partial charge in [-0.25, -0.2) is 14.1 Å². The first kappa shape index (κ1) is 13.1. The molecule has 0 unspecified atom stereocenters. The van der Waals surface area contributed by atoms with E-state index in [-0.39, 0.29) is 5.46 Å². The van der Waals surface area contributed by atoms with Gasteiger partial charge in [0.15, 0.2) is 5.16 Å². The largest absolute Gasteiger partial charge is 0.488 e. The molecule has 0 fully saturated rings. The molecule has 1 aromatic heterocycles. The molecule has 2 aromatic rings. The van der Waals surface area contributed by atoms with Crippen LogP contribution in [0.4, 0.5) is 4.39 Å². The van der Waals surface area contributed by atoms with Gasteiger partial charge in [0.2, 0.25) is 0 Å². The third kappa shape index (κ3) is 2.89. The summed E-state index contributed by atoms with van der Waals surface area (Å²) in [6, 6.07) is 3.95. The molecule has 5 nitrogen and oxygen atoms in total. The molecule has 0 radical (unpaired) electrons. The van der Waals surface area contributed by atoms with Crippen molar-refractivity contribution in [3.05, 3.63) is 35.9 Å². The summed E-state index contributed by atoms with van der Waals surface area (Å²) >= 11 is 1.39. The maximum Gasteiger partial charge on any atom is 0.488 e. The molecule has 0 aliphatic carbocycles. The molecule has 1 heterocycles. The average Bonchev–Trinajstić information content (AvgIpc) is 2.73. The smallest absolute Gasteiger partial charge is 0.423 e. The Morgan fingerprint density at radius 2 is 2.22 bits per heavy atom. The van der Waals surface area contributed by atoms with E-state index in [9.17, 15) is 14.4 Å². The first-order valence-electron chi connectivity index (χ1n) is 5.19. The van der Waals surface area contributed by atoms with Gasteiger partial charge in [0.05, 0.1) is 0 Å². The maximum atomic E-state index is 13.0. The zero-order valence-corrected chi connectivity index (χ0v) is 10.4. The lowest BCUT2D eigenvalue weighted by Gasteiger charge is -2.08. The number of rotatable bonds is 4. The zero-order valence-electron chi connectivity index (χ0n) is 9.62. The zero-order chi connectivity index (χ0) is 13.1. The first-order valence-corrected chi connectivity index (χ1v) is 6.17. The van der Waals surface area contributed by atoms with Crippen LogP contribution < -0.4 is 5.46 Å². The van der Waals surface area contributed by atoms with Crippen LogP contribution in [0.2, 0.25) is 0 Å². The minimum Gasteiger partial charge on any atom is -0.423 e. The van der Waals surface area contributed by atoms with Crippen molar-refractivity contribution >= 4 is 24.3 Å². The Labute approximate surface area is 108 Å². The Balaban J connectivity index is 2.16. The highest BCUT2D eigenvalue weighted by atomic mass is 32.2. The fraction of sp³-hybridized carbons (Fsp3) is 0.200. The van der Waals surface area contributed by atoms with Crippen LogP contribution in [-0.4, -0.2) is 31.9 Å². The second kappa shape index (κ2) is 5.51. The van der Waals surface area contributed by atoms with Crippen molar-refractivity contribution in [2.75, 3.05) is 0 Å². The fourth-order valence-corrected chi connectivity index (χ4v) is 2.40. The van der Waals surface area contributed by atoms with Gasteiger partial charge in [0.25, 0.3) is 0 Å². The molecule has 2 rings (SSSR count). The summed E-state index contributed by atoms with van der Waals surface area (Å²) in [5.74, 6) is -0.0368. The molecule has 0 amide bonds. The van der Waals surface area contributed by atoms with E-state index in [1.165, 1.54) is 30.2 Å². The summed E-state index contributed by atoms with van der Waals surface area (Å²) in [7, 11) is 0.0812. The van der Waals surface area contributed by atoms with Gasteiger partial charge in [0, 0.05) is 12.8 Å². The topological polar surface area (TPSA) is 71.2 Å². The number of halogens is 1. The Morgan fingerprint density at radius 3 is 2.83 bits per heavy atom. The summed E-state index contributed by atoms with van der Waals surface area (Å²) in [5.41, 5.74) is 0.823. The molecule has 0 bridgehead atoms. The maximum absolute atomic E-state index is 13.0. The Hall–Kier alpha value is -1.38. The molecule has 0 aliphatic heterocycles. The molecule has 18 heavy (non-hydrogen) atoms. The van der Waals surface area contributed by atoms with Gasteiger partial charge in [0.1, 0.15) is 12.1 Å². The molecular formula is C10H11BFN3O2S. The highest BCUT2D eigenvalue weighted by Gasteiger charge is 2.17. The molecule has 0 aliphatic rings. The summed E-state index contributed by atoms with van der Waals surface area (Å²) in [5, 5.41) is 23.0. The molecule has 94 valence electrons. The van der Waals surface area contributed by atoms with Gasteiger partial charge in [-0.1, -0.05) is 17.8 Å². The van der Waals surface area contributed by atoms with Crippen LogP contribution in [0.1, 0.15) is 5.56 Å². The number of benzene rings is 1. The molecule has 0 spiro atoms. The van der Waals surface area contributed by atoms with Crippen LogP contribution in [-0.2, 0) is 12.8 Å². The number of hydrogen-bond acceptors (Lipinski definition) is 5. The van der Waals surface area contributed by atoms with Crippen LogP contribution in [0.25, 0.3) is 0 Å². The number of hydrogen-bond donors (Lipinski definition) is 2. The van der Waals surface area contributed by atoms with Crippen molar-refractivity contribution in [2.24, 2.45) is 7.05 Å². The van der Waals surface area contributed by atoms with Gasteiger partial charge in [-0.05, 0) is 23.2 Å². The molecule has 0 atom stereocenters. The second-order valence-electron chi connectivity index (χ2n) is 3.67. The molecule has 1 aromatic carbocycles. The minimum absolute atomic E-state index is 0.171. The van der Waals surface area contributed by atoms with Crippen LogP contribution in [0.15, 0.2) is 29.7 Å². The van der Waals surface area contributed by atoms with Crippen molar-refractivity contribution < 1.29 is 14.4 Å². The van der Waals surface area contributed by atoms with E-state index in [2.05, 4.69) is 10.1 Å². The van der Waals surface area contributed by atoms with Crippen molar-refractivity contribution in [3.63, 3.8) is 0 Å². The number of thioether (sulfide) groups is 1. The number of aromatic nitrogens is 3. The SMILES string of the molecule is Cn1ncnc1SCc1ccc(F)cc1B(O)O. The minimum atomic E-state index is -1.68. The van der Waals surface area contributed by atoms with E-state index in [0.29, 0.717) is 16.5 Å². The lowest BCUT2D eigenvalue weighted by atomic mass is 9.77. The Kier molecular flexibility index (Phi) is 4.00. The van der Waals surface area contributed by atoms with E-state index < -0.39 is 12.9 Å². The Bertz CT molecular complexity index is 550. The lowest BCUT2D eigenvalue weighted by Crippen LogP contribution is -2.33. The quantitative estimate of drug-likeness (QED) is 0.599. The highest BCUT2D eigenvalue weighted by Crippen LogP contribution is 2.19. The van der Waals surface area contributed by atoms with E-state index in [1.54, 1.807) is 11.7 Å². The standard InChI is InChI=1S/C10H11BFN3O2S/c1-15-10(13-6-14-15)18-5-7-2-3-8(12)4-9(7)11(16)17/h2-4,6,16-17H,5H2,1H3. The Morgan fingerprint density at radius 1 is 1.44 bits per heavy atom. The predicted molar refractivity (Wildman–Crippen MR) is 66.8 cm³/mol. The van der Waals surface area contributed by atoms with Crippen molar-refractivity contribution in [3.8, 4) is 0 Å². The molecule has 8 heteroatoms. The summed E-state index contributed by atoms with van der Waals surface area (Å²) < 4.78 is 14.6. The van der Waals surface area contributed by atoms with Gasteiger partial charge < -0.3 is 10.0 Å². The monoisotopic (exact) mass is 267 g/mol. The van der Waals surface area contributed by atoms with E-state index in [4.69, 9.17) is 0 Å². The summed E-state index contributed by atoms with van der Waals surface area (Å²) in [6.07, 6.45) is 1.44. The van der Waals surface area contributed by atoms with Crippen LogP contribution in [0.3, 0.4) is 0 Å². The van der Waals surface area contributed by atoms with Gasteiger partial charge in [-0.2, -0.15) is 5.10 Å². The predicted octanol–water partition coefficient (Wildman–Crippen LogP) is -0.0737. The van der Waals surface area contributed by atoms with Crippen LogP contribution in [0.5, 0.6) is 0 Å². The van der Waals surface area contributed by atoms with E-state index >= 15 is 0 Å². The van der Waals surface area contributed by atoms with Gasteiger partial charge in [-0.3, -0.25) is 0 Å². The third-order valence-electron chi connectivity index (χ3n) is 2.41. The first-order chi connectivity index (χ1) is 8.58. The molecule has 0 saturated heterocycles. The normalized spacial score (nSPS) is 10.7. The number of aryl methyl sites for hydroxylation is 1. The average molecular weight is 267 g/mol. The molecule has 0 saturated carbocycles. The van der Waals surface area contributed by atoms with Gasteiger partial charge >= 0.3 is 7.12 Å². The summed E-state index contributed by atoms with van der Waals surface area (Å²) in [6.45, 7) is 0. The molecular weight excluding hydrogens is 256 g/mol. The van der Waals surface area contributed by atoms with Crippen molar-refractivity contribution in [1.29, 1.82) is 0 Å². The van der Waals surface area contributed by atoms with E-state index in [1.807, 2.05) is 0 Å². The van der Waals surface area contributed by atoms with Crippen LogP contribution in [0, 0.1) is 5.82 Å². The van der Waals surface area contributed by atoms with Crippen LogP contribution >= 0.6 is 11.8 Å². The van der Waals surface area contributed by atoms with Gasteiger partial charge in [-0.15, -0.1) is 0 Å². The lowest BCUT2D eigenvalue weighted by molar-refractivity contribution is 0.425. The van der Waals surface area contributed by atoms with Crippen molar-refractivity contribution in [1.82, 2.24) is 14.8 Å². The van der Waals surface area contributed by atoms with Crippen molar-refractivity contribution in [2.45, 2.75) is 10.9 Å². The summed E-state index contributed by atoms with van der Waals surface area (Å²) in [4.78, 5) is 4.04. The van der Waals surface area contributed by atoms with E-state index in [0.717, 1.165) is 6.07 Å². The molecule has 2 N–H and O–H groups in total. The highest BCUT2D eigenvalue weighted by molar-refractivity contribution is 7.98.